The molecule has 0 aliphatic rings. The Hall–Kier alpha value is -0.0400. The van der Waals surface area contributed by atoms with Gasteiger partial charge in [0.2, 0.25) is 0 Å². The van der Waals surface area contributed by atoms with E-state index in [2.05, 4.69) is 60.4 Å². The van der Waals surface area contributed by atoms with Crippen LogP contribution < -0.4 is 0 Å². The van der Waals surface area contributed by atoms with Crippen LogP contribution in [0.15, 0.2) is 0 Å². The summed E-state index contributed by atoms with van der Waals surface area (Å²) in [5.74, 6) is 0. The van der Waals surface area contributed by atoms with Crippen LogP contribution in [0, 0.1) is 5.41 Å². The van der Waals surface area contributed by atoms with Crippen LogP contribution in [0.5, 0.6) is 0 Å². The summed E-state index contributed by atoms with van der Waals surface area (Å²) in [5.41, 5.74) is 0.797. The molecule has 0 unspecified atom stereocenters. The summed E-state index contributed by atoms with van der Waals surface area (Å²) in [6.45, 7) is 16.5. The Bertz CT molecular complexity index is 168. The molecule has 0 saturated carbocycles. The fraction of sp³-hybridized carbons (Fsp3) is 1.00. The summed E-state index contributed by atoms with van der Waals surface area (Å²) in [6.07, 6.45) is 4.98. The van der Waals surface area contributed by atoms with Crippen molar-refractivity contribution in [3.05, 3.63) is 0 Å². The second-order valence-corrected chi connectivity index (χ2v) is 5.85. The molecule has 0 fully saturated rings. The molecular formula is C15H33N. The number of hydrogen-bond donors (Lipinski definition) is 0. The maximum Gasteiger partial charge on any atom is 0.0176 e. The van der Waals surface area contributed by atoms with Crippen LogP contribution in [0.3, 0.4) is 0 Å². The highest BCUT2D eigenvalue weighted by atomic mass is 15.2. The molecule has 0 rings (SSSR count). The lowest BCUT2D eigenvalue weighted by Gasteiger charge is -2.48. The average molecular weight is 227 g/mol. The highest BCUT2D eigenvalue weighted by Crippen LogP contribution is 2.36. The number of hydrogen-bond acceptors (Lipinski definition) is 1. The third-order valence-electron chi connectivity index (χ3n) is 5.58. The first kappa shape index (κ1) is 16.0. The minimum absolute atomic E-state index is 0.352. The van der Waals surface area contributed by atoms with E-state index in [1.165, 1.54) is 25.7 Å². The van der Waals surface area contributed by atoms with E-state index in [-0.39, 0.29) is 0 Å². The second-order valence-electron chi connectivity index (χ2n) is 5.85. The zero-order valence-electron chi connectivity index (χ0n) is 12.9. The summed E-state index contributed by atoms with van der Waals surface area (Å²) in [6, 6.07) is 0.646. The van der Waals surface area contributed by atoms with Crippen molar-refractivity contribution in [1.29, 1.82) is 0 Å². The molecule has 0 aliphatic carbocycles. The molecule has 0 aliphatic heterocycles. The molecule has 0 aromatic heterocycles. The van der Waals surface area contributed by atoms with Crippen LogP contribution in [0.4, 0.5) is 0 Å². The van der Waals surface area contributed by atoms with E-state index < -0.39 is 0 Å². The quantitative estimate of drug-likeness (QED) is 0.609. The fourth-order valence-corrected chi connectivity index (χ4v) is 2.52. The molecule has 0 N–H and O–H groups in total. The highest BCUT2D eigenvalue weighted by Gasteiger charge is 2.36. The standard InChI is InChI=1S/C15H33N/c1-9-14(6,10-2)13(5)16(8)15(7,11-3)12-4/h13H,9-12H2,1-8H3/t13-/m0/s1. The Kier molecular flexibility index (Phi) is 6.03. The molecule has 0 bridgehead atoms. The molecule has 0 heterocycles. The van der Waals surface area contributed by atoms with Gasteiger partial charge in [0.15, 0.2) is 0 Å². The van der Waals surface area contributed by atoms with Gasteiger partial charge in [-0.15, -0.1) is 0 Å². The van der Waals surface area contributed by atoms with Crippen molar-refractivity contribution in [1.82, 2.24) is 4.90 Å². The molecule has 16 heavy (non-hydrogen) atoms. The SMILES string of the molecule is CCC(C)(CC)[C@H](C)N(C)C(C)(CC)CC. The first-order chi connectivity index (χ1) is 7.31. The Morgan fingerprint density at radius 2 is 1.25 bits per heavy atom. The van der Waals surface area contributed by atoms with Gasteiger partial charge in [0.25, 0.3) is 0 Å². The molecule has 0 radical (unpaired) electrons. The van der Waals surface area contributed by atoms with Crippen molar-refractivity contribution in [2.24, 2.45) is 5.41 Å². The predicted octanol–water partition coefficient (Wildman–Crippen LogP) is 4.71. The smallest absolute Gasteiger partial charge is 0.0176 e. The number of nitrogens with zero attached hydrogens (tertiary/aromatic N) is 1. The van der Waals surface area contributed by atoms with Crippen molar-refractivity contribution in [2.45, 2.75) is 85.7 Å². The summed E-state index contributed by atoms with van der Waals surface area (Å²) < 4.78 is 0. The monoisotopic (exact) mass is 227 g/mol. The van der Waals surface area contributed by atoms with Gasteiger partial charge in [0, 0.05) is 11.6 Å². The average Bonchev–Trinajstić information content (AvgIpc) is 2.34. The molecular weight excluding hydrogens is 194 g/mol. The van der Waals surface area contributed by atoms with E-state index in [0.29, 0.717) is 17.0 Å². The van der Waals surface area contributed by atoms with Crippen LogP contribution in [0.1, 0.15) is 74.1 Å². The lowest BCUT2D eigenvalue weighted by molar-refractivity contribution is 0.0135. The minimum atomic E-state index is 0.352. The predicted molar refractivity (Wildman–Crippen MR) is 74.9 cm³/mol. The molecule has 1 nitrogen and oxygen atoms in total. The van der Waals surface area contributed by atoms with Gasteiger partial charge in [-0.3, -0.25) is 4.90 Å². The lowest BCUT2D eigenvalue weighted by Crippen LogP contribution is -2.53. The molecule has 0 amide bonds. The zero-order valence-corrected chi connectivity index (χ0v) is 12.9. The number of rotatable bonds is 7. The highest BCUT2D eigenvalue weighted by molar-refractivity contribution is 4.91. The fourth-order valence-electron chi connectivity index (χ4n) is 2.52. The van der Waals surface area contributed by atoms with E-state index in [1.54, 1.807) is 0 Å². The second kappa shape index (κ2) is 6.05. The molecule has 0 aromatic rings. The van der Waals surface area contributed by atoms with Gasteiger partial charge < -0.3 is 0 Å². The van der Waals surface area contributed by atoms with Gasteiger partial charge >= 0.3 is 0 Å². The summed E-state index contributed by atoms with van der Waals surface area (Å²) in [4.78, 5) is 2.61. The topological polar surface area (TPSA) is 3.24 Å². The summed E-state index contributed by atoms with van der Waals surface area (Å²) >= 11 is 0. The maximum absolute atomic E-state index is 2.61. The minimum Gasteiger partial charge on any atom is -0.298 e. The van der Waals surface area contributed by atoms with E-state index in [4.69, 9.17) is 0 Å². The third-order valence-corrected chi connectivity index (χ3v) is 5.58. The van der Waals surface area contributed by atoms with E-state index in [1.807, 2.05) is 0 Å². The third kappa shape index (κ3) is 3.00. The first-order valence-corrected chi connectivity index (χ1v) is 7.04. The lowest BCUT2D eigenvalue weighted by atomic mass is 9.75. The van der Waals surface area contributed by atoms with Crippen molar-refractivity contribution < 1.29 is 0 Å². The van der Waals surface area contributed by atoms with Crippen LogP contribution in [0.25, 0.3) is 0 Å². The molecule has 0 aromatic carbocycles. The van der Waals surface area contributed by atoms with Gasteiger partial charge in [0.1, 0.15) is 0 Å². The van der Waals surface area contributed by atoms with Gasteiger partial charge in [0.05, 0.1) is 0 Å². The van der Waals surface area contributed by atoms with Gasteiger partial charge in [-0.1, -0.05) is 34.6 Å². The Morgan fingerprint density at radius 1 is 0.875 bits per heavy atom. The van der Waals surface area contributed by atoms with E-state index in [9.17, 15) is 0 Å². The zero-order chi connectivity index (χ0) is 13.0. The van der Waals surface area contributed by atoms with Crippen molar-refractivity contribution in [3.63, 3.8) is 0 Å². The largest absolute Gasteiger partial charge is 0.298 e. The molecule has 0 saturated heterocycles. The van der Waals surface area contributed by atoms with Crippen LogP contribution in [-0.4, -0.2) is 23.5 Å². The van der Waals surface area contributed by atoms with E-state index in [0.717, 1.165) is 0 Å². The summed E-state index contributed by atoms with van der Waals surface area (Å²) in [5, 5.41) is 0. The van der Waals surface area contributed by atoms with Crippen LogP contribution in [-0.2, 0) is 0 Å². The molecule has 1 heteroatoms. The van der Waals surface area contributed by atoms with Gasteiger partial charge in [-0.05, 0) is 52.0 Å². The normalized spacial score (nSPS) is 15.6. The van der Waals surface area contributed by atoms with Crippen molar-refractivity contribution in [2.75, 3.05) is 7.05 Å². The van der Waals surface area contributed by atoms with Crippen LogP contribution in [0.2, 0.25) is 0 Å². The summed E-state index contributed by atoms with van der Waals surface area (Å²) in [7, 11) is 2.31. The van der Waals surface area contributed by atoms with Crippen LogP contribution >= 0.6 is 0 Å². The Morgan fingerprint density at radius 3 is 1.50 bits per heavy atom. The van der Waals surface area contributed by atoms with Crippen molar-refractivity contribution >= 4 is 0 Å². The molecule has 0 spiro atoms. The van der Waals surface area contributed by atoms with Gasteiger partial charge in [-0.2, -0.15) is 0 Å². The first-order valence-electron chi connectivity index (χ1n) is 7.04. The van der Waals surface area contributed by atoms with E-state index >= 15 is 0 Å². The maximum atomic E-state index is 2.61. The molecule has 98 valence electrons. The van der Waals surface area contributed by atoms with Gasteiger partial charge in [-0.25, -0.2) is 0 Å². The Balaban J connectivity index is 4.90. The van der Waals surface area contributed by atoms with Crippen molar-refractivity contribution in [3.8, 4) is 0 Å². The molecule has 1 atom stereocenters. The Labute approximate surface area is 104 Å².